The first-order valence-corrected chi connectivity index (χ1v) is 10.6. The van der Waals surface area contributed by atoms with Crippen molar-refractivity contribution in [3.8, 4) is 0 Å². The smallest absolute Gasteiger partial charge is 0.272 e. The van der Waals surface area contributed by atoms with E-state index in [1.807, 2.05) is 0 Å². The van der Waals surface area contributed by atoms with Gasteiger partial charge in [0.15, 0.2) is 0 Å². The highest BCUT2D eigenvalue weighted by molar-refractivity contribution is 5.97. The van der Waals surface area contributed by atoms with Crippen LogP contribution in [0.3, 0.4) is 0 Å². The summed E-state index contributed by atoms with van der Waals surface area (Å²) in [4.78, 5) is 23.8. The number of likely N-dealkylation sites (tertiary alicyclic amines) is 1. The molecule has 160 valence electrons. The van der Waals surface area contributed by atoms with Gasteiger partial charge in [0.1, 0.15) is 18.0 Å². The summed E-state index contributed by atoms with van der Waals surface area (Å²) >= 11 is 0. The molecule has 0 radical (unpaired) electrons. The quantitative estimate of drug-likeness (QED) is 0.519. The van der Waals surface area contributed by atoms with Gasteiger partial charge in [-0.1, -0.05) is 24.3 Å². The predicted molar refractivity (Wildman–Crippen MR) is 118 cm³/mol. The van der Waals surface area contributed by atoms with Crippen molar-refractivity contribution in [2.75, 3.05) is 13.1 Å². The van der Waals surface area contributed by atoms with Crippen LogP contribution in [0.1, 0.15) is 40.9 Å². The number of aromatic nitrogens is 5. The minimum Gasteiger partial charge on any atom is -0.299 e. The average molecular weight is 429 g/mol. The van der Waals surface area contributed by atoms with Crippen LogP contribution in [0.2, 0.25) is 0 Å². The maximum atomic E-state index is 14.2. The molecule has 2 aromatic carbocycles. The molecule has 6 rings (SSSR count). The van der Waals surface area contributed by atoms with Crippen molar-refractivity contribution < 1.29 is 4.39 Å². The first kappa shape index (κ1) is 19.0. The maximum Gasteiger partial charge on any atom is 0.272 e. The van der Waals surface area contributed by atoms with Gasteiger partial charge in [0.05, 0.1) is 22.7 Å². The molecule has 4 heterocycles. The number of hydrogen-bond acceptors (Lipinski definition) is 6. The Morgan fingerprint density at radius 3 is 2.69 bits per heavy atom. The lowest BCUT2D eigenvalue weighted by atomic mass is 9.82. The van der Waals surface area contributed by atoms with Gasteiger partial charge in [-0.15, -0.1) is 0 Å². The molecule has 0 spiro atoms. The maximum absolute atomic E-state index is 14.2. The summed E-state index contributed by atoms with van der Waals surface area (Å²) < 4.78 is 14.2. The molecule has 4 aromatic rings. The lowest BCUT2D eigenvalue weighted by molar-refractivity contribution is 0.172. The number of hydrogen-bond donors (Lipinski definition) is 2. The van der Waals surface area contributed by atoms with Gasteiger partial charge >= 0.3 is 0 Å². The summed E-state index contributed by atoms with van der Waals surface area (Å²) in [5.74, 6) is -0.534. The Labute approximate surface area is 182 Å². The first-order valence-electron chi connectivity index (χ1n) is 10.6. The van der Waals surface area contributed by atoms with E-state index < -0.39 is 11.4 Å². The number of aromatic amines is 2. The van der Waals surface area contributed by atoms with Crippen molar-refractivity contribution in [3.63, 3.8) is 0 Å². The van der Waals surface area contributed by atoms with E-state index in [0.29, 0.717) is 22.6 Å². The van der Waals surface area contributed by atoms with Gasteiger partial charge < -0.3 is 0 Å². The predicted octanol–water partition coefficient (Wildman–Crippen LogP) is 3.02. The number of H-pyrrole nitrogens is 2. The highest BCUT2D eigenvalue weighted by Crippen LogP contribution is 2.42. The Bertz CT molecular complexity index is 1370. The Morgan fingerprint density at radius 2 is 1.97 bits per heavy atom. The van der Waals surface area contributed by atoms with E-state index in [9.17, 15) is 9.18 Å². The van der Waals surface area contributed by atoms with E-state index >= 15 is 0 Å². The summed E-state index contributed by atoms with van der Waals surface area (Å²) in [5.41, 5.74) is 2.79. The summed E-state index contributed by atoms with van der Waals surface area (Å²) in [6, 6.07) is 11.0. The summed E-state index contributed by atoms with van der Waals surface area (Å²) in [7, 11) is 0. The third-order valence-electron chi connectivity index (χ3n) is 6.34. The molecular weight excluding hydrogens is 409 g/mol. The van der Waals surface area contributed by atoms with Gasteiger partial charge in [-0.2, -0.15) is 10.2 Å². The van der Waals surface area contributed by atoms with Crippen LogP contribution in [0.5, 0.6) is 0 Å². The van der Waals surface area contributed by atoms with E-state index in [-0.39, 0.29) is 17.2 Å². The number of rotatable bonds is 4. The molecule has 1 fully saturated rings. The van der Waals surface area contributed by atoms with Crippen molar-refractivity contribution in [2.24, 2.45) is 4.99 Å². The Hall–Kier alpha value is -3.72. The first-order chi connectivity index (χ1) is 15.7. The van der Waals surface area contributed by atoms with Crippen LogP contribution in [-0.4, -0.2) is 49.6 Å². The number of halogens is 1. The molecule has 8 nitrogen and oxygen atoms in total. The number of nitrogens with zero attached hydrogens (tertiary/aromatic N) is 5. The van der Waals surface area contributed by atoms with Crippen LogP contribution < -0.4 is 5.56 Å². The van der Waals surface area contributed by atoms with Crippen molar-refractivity contribution in [2.45, 2.75) is 24.8 Å². The molecule has 0 amide bonds. The highest BCUT2D eigenvalue weighted by atomic mass is 19.1. The van der Waals surface area contributed by atoms with Crippen LogP contribution in [-0.2, 0) is 6.54 Å². The normalized spacial score (nSPS) is 20.3. The standard InChI is InChI=1S/C23H20FN7O/c24-15-8-16-19-18(9-15)25-10-17(14-4-2-13(3-5-14)11-31-6-1-7-31)20(22-26-12-27-29-22)21(19)28-30-23(16)32/h2-5,8-10,12,17,20H,1,6-7,11H2,(H,30,32)(H,26,27,29). The lowest BCUT2D eigenvalue weighted by Gasteiger charge is -2.30. The fraction of sp³-hybridized carbons (Fsp3) is 0.261. The Balaban J connectivity index is 1.50. The molecule has 2 atom stereocenters. The Morgan fingerprint density at radius 1 is 1.12 bits per heavy atom. The molecule has 2 aliphatic heterocycles. The van der Waals surface area contributed by atoms with E-state index in [0.717, 1.165) is 25.2 Å². The van der Waals surface area contributed by atoms with Crippen LogP contribution >= 0.6 is 0 Å². The minimum absolute atomic E-state index is 0.220. The van der Waals surface area contributed by atoms with Gasteiger partial charge in [0.2, 0.25) is 0 Å². The van der Waals surface area contributed by atoms with Crippen molar-refractivity contribution in [1.82, 2.24) is 30.3 Å². The molecule has 9 heteroatoms. The second kappa shape index (κ2) is 7.45. The van der Waals surface area contributed by atoms with Gasteiger partial charge in [-0.05, 0) is 36.7 Å². The van der Waals surface area contributed by atoms with E-state index in [2.05, 4.69) is 59.5 Å². The summed E-state index contributed by atoms with van der Waals surface area (Å²) in [6.45, 7) is 3.23. The van der Waals surface area contributed by atoms with Crippen molar-refractivity contribution >= 4 is 22.7 Å². The topological polar surface area (TPSA) is 103 Å². The molecule has 32 heavy (non-hydrogen) atoms. The number of benzene rings is 2. The SMILES string of the molecule is O=c1[nH]nc2c3c(cc(F)cc13)N=CC(c1ccc(CN3CCC3)cc1)C2c1ncn[nH]1. The van der Waals surface area contributed by atoms with Crippen molar-refractivity contribution in [1.29, 1.82) is 0 Å². The van der Waals surface area contributed by atoms with Gasteiger partial charge in [-0.25, -0.2) is 14.5 Å². The Kier molecular flexibility index (Phi) is 4.43. The molecule has 2 unspecified atom stereocenters. The molecule has 0 saturated carbocycles. The second-order valence-corrected chi connectivity index (χ2v) is 8.31. The van der Waals surface area contributed by atoms with Gasteiger partial charge in [0.25, 0.3) is 5.56 Å². The number of nitrogens with one attached hydrogen (secondary N) is 2. The summed E-state index contributed by atoms with van der Waals surface area (Å²) in [5, 5.41) is 14.6. The second-order valence-electron chi connectivity index (χ2n) is 8.31. The summed E-state index contributed by atoms with van der Waals surface area (Å²) in [6.07, 6.45) is 4.49. The van der Waals surface area contributed by atoms with Crippen LogP contribution in [0.4, 0.5) is 10.1 Å². The molecular formula is C23H20FN7O. The van der Waals surface area contributed by atoms with E-state index in [1.165, 1.54) is 30.4 Å². The third-order valence-corrected chi connectivity index (χ3v) is 6.34. The monoisotopic (exact) mass is 429 g/mol. The van der Waals surface area contributed by atoms with Crippen LogP contribution in [0.25, 0.3) is 10.8 Å². The van der Waals surface area contributed by atoms with Gasteiger partial charge in [-0.3, -0.25) is 19.8 Å². The average Bonchev–Trinajstić information content (AvgIpc) is 3.24. The minimum atomic E-state index is -0.516. The molecule has 2 N–H and O–H groups in total. The fourth-order valence-electron chi connectivity index (χ4n) is 4.60. The zero-order valence-corrected chi connectivity index (χ0v) is 17.1. The molecule has 0 bridgehead atoms. The largest absolute Gasteiger partial charge is 0.299 e. The molecule has 2 aliphatic rings. The third kappa shape index (κ3) is 3.13. The van der Waals surface area contributed by atoms with Crippen LogP contribution in [0.15, 0.2) is 52.5 Å². The molecule has 0 aliphatic carbocycles. The van der Waals surface area contributed by atoms with Crippen molar-refractivity contribution in [3.05, 3.63) is 81.5 Å². The van der Waals surface area contributed by atoms with E-state index in [1.54, 1.807) is 6.21 Å². The highest BCUT2D eigenvalue weighted by Gasteiger charge is 2.34. The lowest BCUT2D eigenvalue weighted by Crippen LogP contribution is -2.36. The zero-order chi connectivity index (χ0) is 21.7. The fourth-order valence-corrected chi connectivity index (χ4v) is 4.60. The molecule has 1 saturated heterocycles. The molecule has 2 aromatic heterocycles. The van der Waals surface area contributed by atoms with Gasteiger partial charge in [0, 0.05) is 30.1 Å². The number of aliphatic imine (C=N–C) groups is 1. The van der Waals surface area contributed by atoms with Crippen LogP contribution in [0, 0.1) is 5.82 Å². The van der Waals surface area contributed by atoms with E-state index in [4.69, 9.17) is 0 Å². The zero-order valence-electron chi connectivity index (χ0n) is 17.1.